The van der Waals surface area contributed by atoms with Gasteiger partial charge in [0.2, 0.25) is 5.91 Å². The number of piperazine rings is 1. The molecule has 0 unspecified atom stereocenters. The number of carbonyl (C=O) groups is 3. The highest BCUT2D eigenvalue weighted by molar-refractivity contribution is 6.05. The molecule has 0 aromatic heterocycles. The van der Waals surface area contributed by atoms with Gasteiger partial charge >= 0.3 is 5.97 Å². The summed E-state index contributed by atoms with van der Waals surface area (Å²) in [6.45, 7) is 5.58. The fourth-order valence-corrected chi connectivity index (χ4v) is 3.17. The quantitative estimate of drug-likeness (QED) is 0.830. The molecule has 7 heteroatoms. The number of nitrogens with zero attached hydrogens (tertiary/aromatic N) is 2. The Morgan fingerprint density at radius 1 is 0.964 bits per heavy atom. The van der Waals surface area contributed by atoms with Crippen LogP contribution in [0.2, 0.25) is 0 Å². The average Bonchev–Trinajstić information content (AvgIpc) is 2.70. The van der Waals surface area contributed by atoms with E-state index in [0.29, 0.717) is 11.3 Å². The Labute approximate surface area is 163 Å². The Hall–Kier alpha value is -3.19. The lowest BCUT2D eigenvalue weighted by Crippen LogP contribution is -2.47. The van der Waals surface area contributed by atoms with Gasteiger partial charge in [0.05, 0.1) is 5.56 Å². The van der Waals surface area contributed by atoms with Crippen molar-refractivity contribution in [1.29, 1.82) is 0 Å². The molecule has 2 aromatic carbocycles. The van der Waals surface area contributed by atoms with Crippen molar-refractivity contribution < 1.29 is 19.5 Å². The van der Waals surface area contributed by atoms with Crippen LogP contribution in [0.5, 0.6) is 0 Å². The van der Waals surface area contributed by atoms with Crippen molar-refractivity contribution in [1.82, 2.24) is 9.80 Å². The van der Waals surface area contributed by atoms with Gasteiger partial charge in [-0.1, -0.05) is 18.2 Å². The zero-order valence-electron chi connectivity index (χ0n) is 15.7. The van der Waals surface area contributed by atoms with Crippen LogP contribution in [-0.2, 0) is 11.3 Å². The molecule has 7 nitrogen and oxygen atoms in total. The molecular weight excluding hydrogens is 358 g/mol. The number of rotatable bonds is 5. The van der Waals surface area contributed by atoms with E-state index in [1.165, 1.54) is 12.1 Å². The van der Waals surface area contributed by atoms with Gasteiger partial charge in [-0.2, -0.15) is 0 Å². The Balaban J connectivity index is 1.56. The molecule has 1 fully saturated rings. The molecule has 0 bridgehead atoms. The molecular formula is C21H23N3O4. The second kappa shape index (κ2) is 8.67. The van der Waals surface area contributed by atoms with Gasteiger partial charge in [0.25, 0.3) is 5.91 Å². The van der Waals surface area contributed by atoms with Gasteiger partial charge in [0.15, 0.2) is 0 Å². The SMILES string of the molecule is CC(=O)N1CCN(Cc2ccc(NC(=O)c3cccc(C(=O)O)c3)cc2)CC1. The van der Waals surface area contributed by atoms with Gasteiger partial charge in [0, 0.05) is 50.9 Å². The number of carbonyl (C=O) groups excluding carboxylic acids is 2. The van der Waals surface area contributed by atoms with Crippen LogP contribution in [0, 0.1) is 0 Å². The van der Waals surface area contributed by atoms with Gasteiger partial charge in [-0.3, -0.25) is 14.5 Å². The van der Waals surface area contributed by atoms with E-state index < -0.39 is 5.97 Å². The normalized spacial score (nSPS) is 14.5. The van der Waals surface area contributed by atoms with Crippen LogP contribution in [0.25, 0.3) is 0 Å². The molecule has 2 aromatic rings. The zero-order chi connectivity index (χ0) is 20.1. The van der Waals surface area contributed by atoms with Crippen LogP contribution in [0.3, 0.4) is 0 Å². The number of aromatic carboxylic acids is 1. The van der Waals surface area contributed by atoms with Crippen molar-refractivity contribution in [2.24, 2.45) is 0 Å². The highest BCUT2D eigenvalue weighted by atomic mass is 16.4. The van der Waals surface area contributed by atoms with Gasteiger partial charge in [0.1, 0.15) is 0 Å². The lowest BCUT2D eigenvalue weighted by atomic mass is 10.1. The highest BCUT2D eigenvalue weighted by Crippen LogP contribution is 2.15. The second-order valence-electron chi connectivity index (χ2n) is 6.82. The maximum Gasteiger partial charge on any atom is 0.335 e. The molecule has 1 saturated heterocycles. The minimum absolute atomic E-state index is 0.0767. The minimum atomic E-state index is -1.07. The third kappa shape index (κ3) is 4.95. The third-order valence-electron chi connectivity index (χ3n) is 4.81. The van der Waals surface area contributed by atoms with Crippen LogP contribution in [0.15, 0.2) is 48.5 Å². The van der Waals surface area contributed by atoms with E-state index in [1.54, 1.807) is 19.1 Å². The molecule has 0 spiro atoms. The van der Waals surface area contributed by atoms with Crippen LogP contribution in [0.1, 0.15) is 33.2 Å². The van der Waals surface area contributed by atoms with Crippen molar-refractivity contribution in [2.75, 3.05) is 31.5 Å². The Morgan fingerprint density at radius 3 is 2.21 bits per heavy atom. The summed E-state index contributed by atoms with van der Waals surface area (Å²) >= 11 is 0. The number of nitrogens with one attached hydrogen (secondary N) is 1. The minimum Gasteiger partial charge on any atom is -0.478 e. The third-order valence-corrected chi connectivity index (χ3v) is 4.81. The molecule has 0 aliphatic carbocycles. The van der Waals surface area contributed by atoms with Crippen molar-refractivity contribution in [3.05, 3.63) is 65.2 Å². The Kier molecular flexibility index (Phi) is 6.06. The Bertz CT molecular complexity index is 871. The van der Waals surface area contributed by atoms with Gasteiger partial charge in [-0.05, 0) is 35.9 Å². The summed E-state index contributed by atoms with van der Waals surface area (Å²) in [5, 5.41) is 11.8. The van der Waals surface area contributed by atoms with E-state index in [0.717, 1.165) is 38.3 Å². The Morgan fingerprint density at radius 2 is 1.61 bits per heavy atom. The van der Waals surface area contributed by atoms with E-state index in [9.17, 15) is 14.4 Å². The summed E-state index contributed by atoms with van der Waals surface area (Å²) in [4.78, 5) is 38.9. The van der Waals surface area contributed by atoms with Crippen LogP contribution in [0.4, 0.5) is 5.69 Å². The summed E-state index contributed by atoms with van der Waals surface area (Å²) < 4.78 is 0. The first-order chi connectivity index (χ1) is 13.4. The number of carboxylic acids is 1. The van der Waals surface area contributed by atoms with Crippen LogP contribution >= 0.6 is 0 Å². The molecule has 1 heterocycles. The molecule has 0 atom stereocenters. The predicted molar refractivity (Wildman–Crippen MR) is 105 cm³/mol. The monoisotopic (exact) mass is 381 g/mol. The zero-order valence-corrected chi connectivity index (χ0v) is 15.7. The van der Waals surface area contributed by atoms with Crippen molar-refractivity contribution >= 4 is 23.5 Å². The molecule has 2 N–H and O–H groups in total. The van der Waals surface area contributed by atoms with Crippen molar-refractivity contribution in [3.63, 3.8) is 0 Å². The summed E-state index contributed by atoms with van der Waals surface area (Å²) in [5.41, 5.74) is 2.15. The fourth-order valence-electron chi connectivity index (χ4n) is 3.17. The average molecular weight is 381 g/mol. The molecule has 146 valence electrons. The first kappa shape index (κ1) is 19.6. The number of hydrogen-bond acceptors (Lipinski definition) is 4. The number of benzene rings is 2. The first-order valence-corrected chi connectivity index (χ1v) is 9.14. The van der Waals surface area contributed by atoms with Crippen molar-refractivity contribution in [2.45, 2.75) is 13.5 Å². The molecule has 1 aliphatic heterocycles. The highest BCUT2D eigenvalue weighted by Gasteiger charge is 2.18. The number of anilines is 1. The molecule has 28 heavy (non-hydrogen) atoms. The topological polar surface area (TPSA) is 90.0 Å². The predicted octanol–water partition coefficient (Wildman–Crippen LogP) is 2.30. The lowest BCUT2D eigenvalue weighted by Gasteiger charge is -2.34. The number of amides is 2. The summed E-state index contributed by atoms with van der Waals surface area (Å²) in [6.07, 6.45) is 0. The van der Waals surface area contributed by atoms with E-state index in [-0.39, 0.29) is 17.4 Å². The smallest absolute Gasteiger partial charge is 0.335 e. The molecule has 3 rings (SSSR count). The lowest BCUT2D eigenvalue weighted by molar-refractivity contribution is -0.130. The fraction of sp³-hybridized carbons (Fsp3) is 0.286. The van der Waals surface area contributed by atoms with E-state index in [1.807, 2.05) is 29.2 Å². The first-order valence-electron chi connectivity index (χ1n) is 9.14. The van der Waals surface area contributed by atoms with E-state index >= 15 is 0 Å². The van der Waals surface area contributed by atoms with Crippen molar-refractivity contribution in [3.8, 4) is 0 Å². The largest absolute Gasteiger partial charge is 0.478 e. The van der Waals surface area contributed by atoms with Gasteiger partial charge < -0.3 is 15.3 Å². The maximum absolute atomic E-state index is 12.3. The molecule has 0 saturated carbocycles. The van der Waals surface area contributed by atoms with E-state index in [2.05, 4.69) is 10.2 Å². The molecule has 1 aliphatic rings. The molecule has 0 radical (unpaired) electrons. The number of carboxylic acid groups (broad SMARTS) is 1. The van der Waals surface area contributed by atoms with Gasteiger partial charge in [-0.15, -0.1) is 0 Å². The second-order valence-corrected chi connectivity index (χ2v) is 6.82. The van der Waals surface area contributed by atoms with Gasteiger partial charge in [-0.25, -0.2) is 4.79 Å². The summed E-state index contributed by atoms with van der Waals surface area (Å²) in [7, 11) is 0. The van der Waals surface area contributed by atoms with E-state index in [4.69, 9.17) is 5.11 Å². The standard InChI is InChI=1S/C21H23N3O4/c1-15(25)24-11-9-23(10-12-24)14-16-5-7-19(8-6-16)22-20(26)17-3-2-4-18(13-17)21(27)28/h2-8,13H,9-12,14H2,1H3,(H,22,26)(H,27,28). The number of hydrogen-bond donors (Lipinski definition) is 2. The maximum atomic E-state index is 12.3. The summed E-state index contributed by atoms with van der Waals surface area (Å²) in [6, 6.07) is 13.5. The summed E-state index contributed by atoms with van der Waals surface area (Å²) in [5.74, 6) is -1.30. The van der Waals surface area contributed by atoms with Crippen LogP contribution in [-0.4, -0.2) is 58.9 Å². The molecule has 2 amide bonds. The van der Waals surface area contributed by atoms with Crippen LogP contribution < -0.4 is 5.32 Å².